The number of hydrogen-bond acceptors (Lipinski definition) is 2. The van der Waals surface area contributed by atoms with Gasteiger partial charge in [-0.3, -0.25) is 0 Å². The molecule has 1 aromatic rings. The molecule has 1 heterocycles. The van der Waals surface area contributed by atoms with Crippen LogP contribution in [0.4, 0.5) is 0 Å². The third-order valence-corrected chi connectivity index (χ3v) is 3.85. The monoisotopic (exact) mass is 221 g/mol. The van der Waals surface area contributed by atoms with Crippen LogP contribution in [0.3, 0.4) is 0 Å². The van der Waals surface area contributed by atoms with Gasteiger partial charge in [0.25, 0.3) is 0 Å². The van der Waals surface area contributed by atoms with E-state index in [1.54, 1.807) is 0 Å². The second-order valence-electron chi connectivity index (χ2n) is 5.80. The fraction of sp³-hybridized carbons (Fsp3) is 0.769. The molecular weight excluding hydrogens is 198 g/mol. The van der Waals surface area contributed by atoms with Crippen molar-refractivity contribution in [3.8, 4) is 0 Å². The summed E-state index contributed by atoms with van der Waals surface area (Å²) in [6.07, 6.45) is 8.66. The van der Waals surface area contributed by atoms with E-state index in [1.807, 2.05) is 12.5 Å². The van der Waals surface area contributed by atoms with Crippen molar-refractivity contribution < 1.29 is 0 Å². The molecule has 3 nitrogen and oxygen atoms in total. The molecular formula is C13H23N3. The summed E-state index contributed by atoms with van der Waals surface area (Å²) in [5.74, 6) is 0. The smallest absolute Gasteiger partial charge is 0.0951 e. The molecule has 16 heavy (non-hydrogen) atoms. The Bertz CT molecular complexity index is 354. The molecule has 1 unspecified atom stereocenters. The molecule has 1 saturated carbocycles. The summed E-state index contributed by atoms with van der Waals surface area (Å²) in [5, 5.41) is 0. The number of nitrogens with zero attached hydrogens (tertiary/aromatic N) is 2. The van der Waals surface area contributed by atoms with Gasteiger partial charge in [-0.15, -0.1) is 0 Å². The van der Waals surface area contributed by atoms with Crippen LogP contribution in [0, 0.1) is 5.41 Å². The minimum Gasteiger partial charge on any atom is -0.330 e. The molecule has 0 amide bonds. The molecule has 0 saturated heterocycles. The van der Waals surface area contributed by atoms with Gasteiger partial charge in [-0.25, -0.2) is 4.98 Å². The van der Waals surface area contributed by atoms with Crippen LogP contribution in [0.25, 0.3) is 0 Å². The number of aromatic nitrogens is 2. The van der Waals surface area contributed by atoms with Crippen molar-refractivity contribution in [2.75, 3.05) is 0 Å². The Labute approximate surface area is 98.1 Å². The van der Waals surface area contributed by atoms with Crippen LogP contribution in [0.15, 0.2) is 12.5 Å². The number of hydrogen-bond donors (Lipinski definition) is 1. The van der Waals surface area contributed by atoms with Gasteiger partial charge in [-0.2, -0.15) is 0 Å². The zero-order valence-electron chi connectivity index (χ0n) is 10.6. The lowest BCUT2D eigenvalue weighted by atomic mass is 9.92. The molecule has 3 heteroatoms. The average molecular weight is 221 g/mol. The predicted octanol–water partition coefficient (Wildman–Crippen LogP) is 3.04. The number of rotatable bonds is 3. The van der Waals surface area contributed by atoms with Crippen molar-refractivity contribution in [1.29, 1.82) is 0 Å². The minimum absolute atomic E-state index is 0.131. The van der Waals surface area contributed by atoms with Gasteiger partial charge in [-0.05, 0) is 31.1 Å². The van der Waals surface area contributed by atoms with Gasteiger partial charge in [0, 0.05) is 18.3 Å². The first-order chi connectivity index (χ1) is 7.53. The van der Waals surface area contributed by atoms with E-state index in [9.17, 15) is 0 Å². The molecule has 0 aliphatic heterocycles. The lowest BCUT2D eigenvalue weighted by molar-refractivity contribution is 0.354. The maximum absolute atomic E-state index is 6.11. The van der Waals surface area contributed by atoms with E-state index >= 15 is 0 Å². The van der Waals surface area contributed by atoms with Crippen molar-refractivity contribution in [1.82, 2.24) is 9.55 Å². The summed E-state index contributed by atoms with van der Waals surface area (Å²) < 4.78 is 2.31. The molecule has 1 aliphatic carbocycles. The summed E-state index contributed by atoms with van der Waals surface area (Å²) in [6, 6.07) is 0.733. The Kier molecular flexibility index (Phi) is 3.06. The van der Waals surface area contributed by atoms with Crippen LogP contribution in [0.2, 0.25) is 0 Å². The van der Waals surface area contributed by atoms with Crippen LogP contribution >= 0.6 is 0 Å². The van der Waals surface area contributed by atoms with Gasteiger partial charge in [0.1, 0.15) is 0 Å². The van der Waals surface area contributed by atoms with Crippen molar-refractivity contribution in [3.63, 3.8) is 0 Å². The maximum Gasteiger partial charge on any atom is 0.0951 e. The highest BCUT2D eigenvalue weighted by Crippen LogP contribution is 2.44. The van der Waals surface area contributed by atoms with Crippen molar-refractivity contribution in [2.24, 2.45) is 11.1 Å². The van der Waals surface area contributed by atoms with Gasteiger partial charge in [-0.1, -0.05) is 20.8 Å². The van der Waals surface area contributed by atoms with E-state index in [-0.39, 0.29) is 6.04 Å². The molecule has 0 bridgehead atoms. The third-order valence-electron chi connectivity index (χ3n) is 3.85. The Morgan fingerprint density at radius 3 is 2.94 bits per heavy atom. The number of nitrogens with two attached hydrogens (primary N) is 1. The molecule has 2 atom stereocenters. The Morgan fingerprint density at radius 1 is 1.62 bits per heavy atom. The van der Waals surface area contributed by atoms with Gasteiger partial charge in [0.2, 0.25) is 0 Å². The highest BCUT2D eigenvalue weighted by atomic mass is 15.1. The topological polar surface area (TPSA) is 43.8 Å². The Morgan fingerprint density at radius 2 is 2.38 bits per heavy atom. The molecule has 0 aromatic carbocycles. The summed E-state index contributed by atoms with van der Waals surface area (Å²) in [7, 11) is 0. The fourth-order valence-electron chi connectivity index (χ4n) is 2.75. The molecule has 2 N–H and O–H groups in total. The molecule has 2 rings (SSSR count). The quantitative estimate of drug-likeness (QED) is 0.852. The summed E-state index contributed by atoms with van der Waals surface area (Å²) in [4.78, 5) is 4.27. The Hall–Kier alpha value is -0.830. The van der Waals surface area contributed by atoms with Gasteiger partial charge in [0.15, 0.2) is 0 Å². The molecule has 1 fully saturated rings. The van der Waals surface area contributed by atoms with E-state index in [1.165, 1.54) is 25.0 Å². The van der Waals surface area contributed by atoms with E-state index in [2.05, 4.69) is 30.3 Å². The van der Waals surface area contributed by atoms with Crippen LogP contribution in [-0.2, 0) is 0 Å². The van der Waals surface area contributed by atoms with Crippen molar-refractivity contribution in [2.45, 2.75) is 58.5 Å². The minimum atomic E-state index is 0.131. The molecule has 0 radical (unpaired) electrons. The van der Waals surface area contributed by atoms with Crippen molar-refractivity contribution >= 4 is 0 Å². The van der Waals surface area contributed by atoms with Crippen LogP contribution in [0.1, 0.15) is 64.2 Å². The van der Waals surface area contributed by atoms with Crippen LogP contribution in [-0.4, -0.2) is 9.55 Å². The second-order valence-corrected chi connectivity index (χ2v) is 5.80. The summed E-state index contributed by atoms with van der Waals surface area (Å²) in [5.41, 5.74) is 7.79. The molecule has 90 valence electrons. The molecule has 1 aliphatic rings. The lowest BCUT2D eigenvalue weighted by Gasteiger charge is -2.21. The van der Waals surface area contributed by atoms with E-state index in [4.69, 9.17) is 5.73 Å². The van der Waals surface area contributed by atoms with Crippen LogP contribution < -0.4 is 5.73 Å². The normalized spacial score (nSPS) is 25.9. The SMILES string of the molecule is CC[C@@H](N)c1cncn1C1CCC(C)(C)C1. The maximum atomic E-state index is 6.11. The van der Waals surface area contributed by atoms with Gasteiger partial charge in [0.05, 0.1) is 12.0 Å². The zero-order chi connectivity index (χ0) is 11.8. The average Bonchev–Trinajstić information content (AvgIpc) is 2.82. The molecule has 0 spiro atoms. The van der Waals surface area contributed by atoms with E-state index in [0.29, 0.717) is 11.5 Å². The van der Waals surface area contributed by atoms with Gasteiger partial charge < -0.3 is 10.3 Å². The van der Waals surface area contributed by atoms with E-state index < -0.39 is 0 Å². The molecule has 1 aromatic heterocycles. The zero-order valence-corrected chi connectivity index (χ0v) is 10.6. The van der Waals surface area contributed by atoms with Crippen LogP contribution in [0.5, 0.6) is 0 Å². The highest BCUT2D eigenvalue weighted by molar-refractivity contribution is 5.07. The first-order valence-corrected chi connectivity index (χ1v) is 6.31. The lowest BCUT2D eigenvalue weighted by Crippen LogP contribution is -2.17. The number of imidazole rings is 1. The predicted molar refractivity (Wildman–Crippen MR) is 66.1 cm³/mol. The summed E-state index contributed by atoms with van der Waals surface area (Å²) in [6.45, 7) is 6.83. The van der Waals surface area contributed by atoms with Gasteiger partial charge >= 0.3 is 0 Å². The van der Waals surface area contributed by atoms with E-state index in [0.717, 1.165) is 6.42 Å². The first-order valence-electron chi connectivity index (χ1n) is 6.31. The highest BCUT2D eigenvalue weighted by Gasteiger charge is 2.32. The Balaban J connectivity index is 2.19. The first kappa shape index (κ1) is 11.6. The second kappa shape index (κ2) is 4.21. The van der Waals surface area contributed by atoms with Crippen molar-refractivity contribution in [3.05, 3.63) is 18.2 Å². The summed E-state index contributed by atoms with van der Waals surface area (Å²) >= 11 is 0. The largest absolute Gasteiger partial charge is 0.330 e. The third kappa shape index (κ3) is 2.14. The fourth-order valence-corrected chi connectivity index (χ4v) is 2.75. The standard InChI is InChI=1S/C13H23N3/c1-4-11(14)12-8-15-9-16(12)10-5-6-13(2,3)7-10/h8-11H,4-7,14H2,1-3H3/t10?,11-/m1/s1.